The molecule has 0 unspecified atom stereocenters. The highest BCUT2D eigenvalue weighted by Crippen LogP contribution is 2.09. The van der Waals surface area contributed by atoms with Crippen LogP contribution in [0.2, 0.25) is 0 Å². The maximum atomic E-state index is 12.0. The molecule has 0 aliphatic rings. The molecule has 0 spiro atoms. The molecule has 21 heavy (non-hydrogen) atoms. The van der Waals surface area contributed by atoms with E-state index in [1.807, 2.05) is 0 Å². The Bertz CT molecular complexity index is 710. The van der Waals surface area contributed by atoms with Gasteiger partial charge in [-0.05, 0) is 19.1 Å². The first-order valence-electron chi connectivity index (χ1n) is 6.23. The van der Waals surface area contributed by atoms with Crippen molar-refractivity contribution in [3.8, 4) is 0 Å². The Morgan fingerprint density at radius 3 is 2.62 bits per heavy atom. The fraction of sp³-hybridized carbons (Fsp3) is 0.231. The third kappa shape index (κ3) is 4.32. The third-order valence-corrected chi connectivity index (χ3v) is 4.36. The van der Waals surface area contributed by atoms with Gasteiger partial charge in [0.1, 0.15) is 5.76 Å². The van der Waals surface area contributed by atoms with Crippen LogP contribution in [-0.4, -0.2) is 31.9 Å². The van der Waals surface area contributed by atoms with Crippen molar-refractivity contribution >= 4 is 21.7 Å². The number of hydrogen-bond donors (Lipinski definition) is 2. The monoisotopic (exact) mass is 309 g/mol. The maximum Gasteiger partial charge on any atom is 0.320 e. The van der Waals surface area contributed by atoms with Crippen molar-refractivity contribution in [1.29, 1.82) is 0 Å². The van der Waals surface area contributed by atoms with E-state index >= 15 is 0 Å². The van der Waals surface area contributed by atoms with Crippen LogP contribution in [0.15, 0.2) is 45.8 Å². The standard InChI is InChI=1S/C13H15N3O4S/c1-10-9-12(16-20-10)15-13(17)14-7-8-21(18,19)11-5-3-2-4-6-11/h2-6,9H,7-8H2,1H3,(H2,14,15,16,17). The van der Waals surface area contributed by atoms with Gasteiger partial charge in [-0.1, -0.05) is 23.4 Å². The number of carbonyl (C=O) groups is 1. The van der Waals surface area contributed by atoms with Gasteiger partial charge in [0, 0.05) is 12.6 Å². The Hall–Kier alpha value is -2.35. The number of amides is 2. The molecule has 0 fully saturated rings. The summed E-state index contributed by atoms with van der Waals surface area (Å²) in [6.07, 6.45) is 0. The molecular weight excluding hydrogens is 294 g/mol. The number of rotatable bonds is 5. The number of urea groups is 1. The van der Waals surface area contributed by atoms with Crippen molar-refractivity contribution < 1.29 is 17.7 Å². The third-order valence-electron chi connectivity index (χ3n) is 2.63. The van der Waals surface area contributed by atoms with E-state index in [1.165, 1.54) is 12.1 Å². The number of benzene rings is 1. The quantitative estimate of drug-likeness (QED) is 0.873. The minimum absolute atomic E-state index is 0.000105. The summed E-state index contributed by atoms with van der Waals surface area (Å²) in [6.45, 7) is 1.70. The van der Waals surface area contributed by atoms with Crippen molar-refractivity contribution in [2.75, 3.05) is 17.6 Å². The lowest BCUT2D eigenvalue weighted by atomic mass is 10.4. The van der Waals surface area contributed by atoms with Crippen molar-refractivity contribution in [3.63, 3.8) is 0 Å². The van der Waals surface area contributed by atoms with Crippen molar-refractivity contribution in [1.82, 2.24) is 10.5 Å². The predicted octanol–water partition coefficient (Wildman–Crippen LogP) is 1.58. The van der Waals surface area contributed by atoms with Crippen LogP contribution in [0, 0.1) is 6.92 Å². The fourth-order valence-electron chi connectivity index (χ4n) is 1.63. The Morgan fingerprint density at radius 2 is 2.00 bits per heavy atom. The van der Waals surface area contributed by atoms with E-state index in [0.29, 0.717) is 5.76 Å². The summed E-state index contributed by atoms with van der Waals surface area (Å²) >= 11 is 0. The number of anilines is 1. The first-order chi connectivity index (χ1) is 9.97. The Kier molecular flexibility index (Phi) is 4.59. The molecule has 7 nitrogen and oxygen atoms in total. The van der Waals surface area contributed by atoms with Crippen LogP contribution in [-0.2, 0) is 9.84 Å². The number of carbonyl (C=O) groups excluding carboxylic acids is 1. The van der Waals surface area contributed by atoms with E-state index in [4.69, 9.17) is 4.52 Å². The Balaban J connectivity index is 1.82. The minimum atomic E-state index is -3.40. The SMILES string of the molecule is Cc1cc(NC(=O)NCCS(=O)(=O)c2ccccc2)no1. The summed E-state index contributed by atoms with van der Waals surface area (Å²) in [5.74, 6) is 0.662. The van der Waals surface area contributed by atoms with Crippen LogP contribution in [0.25, 0.3) is 0 Å². The van der Waals surface area contributed by atoms with Gasteiger partial charge in [0.2, 0.25) is 0 Å². The van der Waals surface area contributed by atoms with E-state index in [9.17, 15) is 13.2 Å². The van der Waals surface area contributed by atoms with E-state index in [2.05, 4.69) is 15.8 Å². The molecule has 2 aromatic rings. The Labute approximate surface area is 122 Å². The predicted molar refractivity (Wildman–Crippen MR) is 76.8 cm³/mol. The lowest BCUT2D eigenvalue weighted by molar-refractivity contribution is 0.252. The number of aryl methyl sites for hydroxylation is 1. The number of hydrogen-bond acceptors (Lipinski definition) is 5. The molecule has 0 radical (unpaired) electrons. The highest BCUT2D eigenvalue weighted by Gasteiger charge is 2.14. The molecule has 0 bridgehead atoms. The summed E-state index contributed by atoms with van der Waals surface area (Å²) in [7, 11) is -3.40. The summed E-state index contributed by atoms with van der Waals surface area (Å²) in [4.78, 5) is 11.8. The van der Waals surface area contributed by atoms with E-state index in [-0.39, 0.29) is 23.0 Å². The molecule has 2 amide bonds. The van der Waals surface area contributed by atoms with Gasteiger partial charge in [-0.2, -0.15) is 0 Å². The van der Waals surface area contributed by atoms with E-state index in [1.54, 1.807) is 31.2 Å². The number of nitrogens with zero attached hydrogens (tertiary/aromatic N) is 1. The number of nitrogens with one attached hydrogen (secondary N) is 2. The average molecular weight is 309 g/mol. The van der Waals surface area contributed by atoms with Gasteiger partial charge >= 0.3 is 6.03 Å². The van der Waals surface area contributed by atoms with Gasteiger partial charge in [0.15, 0.2) is 15.7 Å². The molecule has 0 aliphatic heterocycles. The second kappa shape index (κ2) is 6.40. The summed E-state index contributed by atoms with van der Waals surface area (Å²) in [5, 5.41) is 8.49. The normalized spacial score (nSPS) is 11.1. The first-order valence-corrected chi connectivity index (χ1v) is 7.88. The van der Waals surface area contributed by atoms with Gasteiger partial charge in [-0.15, -0.1) is 0 Å². The van der Waals surface area contributed by atoms with Crippen LogP contribution in [0.1, 0.15) is 5.76 Å². The Morgan fingerprint density at radius 1 is 1.29 bits per heavy atom. The summed E-state index contributed by atoms with van der Waals surface area (Å²) in [6, 6.07) is 9.11. The molecule has 2 N–H and O–H groups in total. The van der Waals surface area contributed by atoms with Gasteiger partial charge in [-0.3, -0.25) is 5.32 Å². The zero-order chi connectivity index (χ0) is 15.3. The lowest BCUT2D eigenvalue weighted by Gasteiger charge is -2.06. The zero-order valence-electron chi connectivity index (χ0n) is 11.4. The first kappa shape index (κ1) is 15.0. The molecule has 2 rings (SSSR count). The number of aromatic nitrogens is 1. The second-order valence-corrected chi connectivity index (χ2v) is 6.44. The minimum Gasteiger partial charge on any atom is -0.360 e. The van der Waals surface area contributed by atoms with E-state index < -0.39 is 15.9 Å². The van der Waals surface area contributed by atoms with Crippen molar-refractivity contribution in [2.45, 2.75) is 11.8 Å². The number of sulfone groups is 1. The molecule has 0 atom stereocenters. The lowest BCUT2D eigenvalue weighted by Crippen LogP contribution is -2.32. The topological polar surface area (TPSA) is 101 Å². The molecule has 112 valence electrons. The van der Waals surface area contributed by atoms with Crippen LogP contribution >= 0.6 is 0 Å². The van der Waals surface area contributed by atoms with E-state index in [0.717, 1.165) is 0 Å². The second-order valence-electron chi connectivity index (χ2n) is 4.34. The summed E-state index contributed by atoms with van der Waals surface area (Å²) in [5.41, 5.74) is 0. The average Bonchev–Trinajstić information content (AvgIpc) is 2.85. The van der Waals surface area contributed by atoms with Gasteiger partial charge in [0.05, 0.1) is 10.6 Å². The highest BCUT2D eigenvalue weighted by atomic mass is 32.2. The molecule has 1 heterocycles. The van der Waals surface area contributed by atoms with Crippen molar-refractivity contribution in [2.24, 2.45) is 0 Å². The molecule has 0 aliphatic carbocycles. The molecule has 8 heteroatoms. The van der Waals surface area contributed by atoms with Gasteiger partial charge in [0.25, 0.3) is 0 Å². The van der Waals surface area contributed by atoms with Crippen LogP contribution in [0.3, 0.4) is 0 Å². The highest BCUT2D eigenvalue weighted by molar-refractivity contribution is 7.91. The molecule has 1 aromatic heterocycles. The smallest absolute Gasteiger partial charge is 0.320 e. The fourth-order valence-corrected chi connectivity index (χ4v) is 2.81. The van der Waals surface area contributed by atoms with Crippen molar-refractivity contribution in [3.05, 3.63) is 42.2 Å². The van der Waals surface area contributed by atoms with Gasteiger partial charge < -0.3 is 9.84 Å². The zero-order valence-corrected chi connectivity index (χ0v) is 12.2. The molecule has 0 saturated carbocycles. The van der Waals surface area contributed by atoms with Crippen LogP contribution < -0.4 is 10.6 Å². The van der Waals surface area contributed by atoms with Crippen LogP contribution in [0.5, 0.6) is 0 Å². The molecule has 1 aromatic carbocycles. The maximum absolute atomic E-state index is 12.0. The molecule has 0 saturated heterocycles. The van der Waals surface area contributed by atoms with Crippen LogP contribution in [0.4, 0.5) is 10.6 Å². The summed E-state index contributed by atoms with van der Waals surface area (Å²) < 4.78 is 28.7. The largest absolute Gasteiger partial charge is 0.360 e. The van der Waals surface area contributed by atoms with Gasteiger partial charge in [-0.25, -0.2) is 13.2 Å². The molecular formula is C13H15N3O4S.